The molecule has 0 N–H and O–H groups in total. The fourth-order valence-corrected chi connectivity index (χ4v) is 5.19. The number of halogens is 2. The van der Waals surface area contributed by atoms with Crippen molar-refractivity contribution in [2.45, 2.75) is 0 Å². The molecule has 0 saturated heterocycles. The molecule has 1 aromatic heterocycles. The van der Waals surface area contributed by atoms with E-state index in [2.05, 4.69) is 52.3 Å². The van der Waals surface area contributed by atoms with Gasteiger partial charge in [-0.3, -0.25) is 0 Å². The van der Waals surface area contributed by atoms with E-state index in [-0.39, 0.29) is 5.82 Å². The first-order valence-electron chi connectivity index (χ1n) is 12.3. The van der Waals surface area contributed by atoms with Gasteiger partial charge >= 0.3 is 0 Å². The molecular weight excluding hydrogens is 535 g/mol. The number of hydrogen-bond donors (Lipinski definition) is 0. The largest absolute Gasteiger partial charge is 0.228 e. The molecule has 0 spiro atoms. The molecule has 0 amide bonds. The first-order chi connectivity index (χ1) is 18.7. The van der Waals surface area contributed by atoms with Crippen molar-refractivity contribution in [2.24, 2.45) is 0 Å². The third-order valence-electron chi connectivity index (χ3n) is 6.48. The Morgan fingerprint density at radius 3 is 1.66 bits per heavy atom. The van der Waals surface area contributed by atoms with Crippen molar-refractivity contribution in [3.05, 3.63) is 144 Å². The van der Waals surface area contributed by atoms with Gasteiger partial charge in [-0.25, -0.2) is 14.4 Å². The molecule has 6 aromatic rings. The van der Waals surface area contributed by atoms with E-state index in [1.165, 1.54) is 17.7 Å². The van der Waals surface area contributed by atoms with Crippen LogP contribution in [0.2, 0.25) is 0 Å². The fourth-order valence-electron chi connectivity index (χ4n) is 4.50. The van der Waals surface area contributed by atoms with Crippen molar-refractivity contribution < 1.29 is 4.39 Å². The van der Waals surface area contributed by atoms with Gasteiger partial charge in [0.1, 0.15) is 5.82 Å². The third-order valence-corrected chi connectivity index (χ3v) is 7.33. The Morgan fingerprint density at radius 1 is 0.447 bits per heavy atom. The Balaban J connectivity index is 1.48. The van der Waals surface area contributed by atoms with Crippen LogP contribution >= 0.6 is 15.9 Å². The maximum Gasteiger partial charge on any atom is 0.160 e. The van der Waals surface area contributed by atoms with E-state index in [1.54, 1.807) is 12.1 Å². The van der Waals surface area contributed by atoms with Gasteiger partial charge in [0, 0.05) is 21.2 Å². The lowest BCUT2D eigenvalue weighted by Crippen LogP contribution is -1.97. The third kappa shape index (κ3) is 4.91. The maximum atomic E-state index is 13.6. The fraction of sp³-hybridized carbons (Fsp3) is 0. The molecule has 0 aliphatic rings. The molecule has 1 heterocycles. The molecule has 0 atom stereocenters. The van der Waals surface area contributed by atoms with Gasteiger partial charge in [0.25, 0.3) is 0 Å². The van der Waals surface area contributed by atoms with E-state index in [0.717, 1.165) is 49.2 Å². The summed E-state index contributed by atoms with van der Waals surface area (Å²) in [6.07, 6.45) is 0. The van der Waals surface area contributed by atoms with Crippen LogP contribution in [0, 0.1) is 5.82 Å². The van der Waals surface area contributed by atoms with Gasteiger partial charge in [-0.15, -0.1) is 0 Å². The van der Waals surface area contributed by atoms with E-state index in [1.807, 2.05) is 72.8 Å². The molecule has 0 bridgehead atoms. The molecule has 4 heteroatoms. The molecule has 38 heavy (non-hydrogen) atoms. The predicted molar refractivity (Wildman–Crippen MR) is 157 cm³/mol. The number of nitrogens with zero attached hydrogens (tertiary/aromatic N) is 2. The van der Waals surface area contributed by atoms with Gasteiger partial charge in [-0.2, -0.15) is 0 Å². The lowest BCUT2D eigenvalue weighted by atomic mass is 9.99. The zero-order chi connectivity index (χ0) is 25.9. The average Bonchev–Trinajstić information content (AvgIpc) is 2.99. The van der Waals surface area contributed by atoms with Crippen LogP contribution in [-0.4, -0.2) is 9.97 Å². The number of aromatic nitrogens is 2. The van der Waals surface area contributed by atoms with E-state index >= 15 is 0 Å². The topological polar surface area (TPSA) is 25.8 Å². The van der Waals surface area contributed by atoms with Gasteiger partial charge in [-0.1, -0.05) is 115 Å². The van der Waals surface area contributed by atoms with Crippen molar-refractivity contribution >= 4 is 15.9 Å². The van der Waals surface area contributed by atoms with Crippen LogP contribution in [0.25, 0.3) is 56.2 Å². The van der Waals surface area contributed by atoms with Crippen molar-refractivity contribution in [3.63, 3.8) is 0 Å². The van der Waals surface area contributed by atoms with E-state index < -0.39 is 0 Å². The first kappa shape index (κ1) is 24.0. The Kier molecular flexibility index (Phi) is 6.63. The van der Waals surface area contributed by atoms with Crippen molar-refractivity contribution in [1.82, 2.24) is 9.97 Å². The Morgan fingerprint density at radius 2 is 0.974 bits per heavy atom. The Labute approximate surface area is 229 Å². The molecule has 0 saturated carbocycles. The van der Waals surface area contributed by atoms with Gasteiger partial charge in [0.05, 0.1) is 11.4 Å². The minimum absolute atomic E-state index is 0.257. The zero-order valence-electron chi connectivity index (χ0n) is 20.4. The van der Waals surface area contributed by atoms with Gasteiger partial charge in [0.2, 0.25) is 0 Å². The van der Waals surface area contributed by atoms with Gasteiger partial charge < -0.3 is 0 Å². The second-order valence-corrected chi connectivity index (χ2v) is 9.74. The van der Waals surface area contributed by atoms with Crippen molar-refractivity contribution in [1.29, 1.82) is 0 Å². The summed E-state index contributed by atoms with van der Waals surface area (Å²) >= 11 is 3.82. The highest BCUT2D eigenvalue weighted by molar-refractivity contribution is 9.10. The van der Waals surface area contributed by atoms with E-state index in [9.17, 15) is 4.39 Å². The van der Waals surface area contributed by atoms with Crippen LogP contribution < -0.4 is 0 Å². The van der Waals surface area contributed by atoms with Crippen LogP contribution in [0.1, 0.15) is 0 Å². The molecular formula is C34H22BrFN2. The normalized spacial score (nSPS) is 10.9. The highest BCUT2D eigenvalue weighted by atomic mass is 79.9. The lowest BCUT2D eigenvalue weighted by molar-refractivity contribution is 0.628. The number of rotatable bonds is 5. The summed E-state index contributed by atoms with van der Waals surface area (Å²) < 4.78 is 14.4. The second-order valence-electron chi connectivity index (χ2n) is 8.95. The summed E-state index contributed by atoms with van der Waals surface area (Å²) in [7, 11) is 0. The van der Waals surface area contributed by atoms with Crippen LogP contribution in [0.3, 0.4) is 0 Å². The molecule has 0 unspecified atom stereocenters. The highest BCUT2D eigenvalue weighted by Gasteiger charge is 2.15. The van der Waals surface area contributed by atoms with Crippen LogP contribution in [-0.2, 0) is 0 Å². The molecule has 0 fully saturated rings. The zero-order valence-corrected chi connectivity index (χ0v) is 21.9. The smallest absolute Gasteiger partial charge is 0.160 e. The number of hydrogen-bond acceptors (Lipinski definition) is 2. The Bertz CT molecular complexity index is 1700. The van der Waals surface area contributed by atoms with E-state index in [0.29, 0.717) is 5.82 Å². The van der Waals surface area contributed by atoms with Crippen molar-refractivity contribution in [3.8, 4) is 56.2 Å². The second kappa shape index (κ2) is 10.5. The summed E-state index contributed by atoms with van der Waals surface area (Å²) in [5, 5.41) is 0. The molecule has 0 radical (unpaired) electrons. The Hall–Kier alpha value is -4.41. The van der Waals surface area contributed by atoms with E-state index in [4.69, 9.17) is 9.97 Å². The van der Waals surface area contributed by atoms with Crippen LogP contribution in [0.15, 0.2) is 138 Å². The molecule has 6 rings (SSSR count). The predicted octanol–water partition coefficient (Wildman–Crippen LogP) is 9.71. The van der Waals surface area contributed by atoms with Crippen molar-refractivity contribution in [2.75, 3.05) is 0 Å². The van der Waals surface area contributed by atoms with Crippen LogP contribution in [0.5, 0.6) is 0 Å². The van der Waals surface area contributed by atoms with Gasteiger partial charge in [0.15, 0.2) is 5.82 Å². The summed E-state index contributed by atoms with van der Waals surface area (Å²) in [6, 6.07) is 43.4. The molecule has 182 valence electrons. The van der Waals surface area contributed by atoms with Crippen LogP contribution in [0.4, 0.5) is 4.39 Å². The molecule has 2 nitrogen and oxygen atoms in total. The average molecular weight is 557 g/mol. The maximum absolute atomic E-state index is 13.6. The summed E-state index contributed by atoms with van der Waals surface area (Å²) in [5.74, 6) is 0.400. The quantitative estimate of drug-likeness (QED) is 0.211. The monoisotopic (exact) mass is 556 g/mol. The molecule has 5 aromatic carbocycles. The molecule has 0 aliphatic heterocycles. The van der Waals surface area contributed by atoms with Gasteiger partial charge in [-0.05, 0) is 56.4 Å². The summed E-state index contributed by atoms with van der Waals surface area (Å²) in [5.41, 5.74) is 8.76. The summed E-state index contributed by atoms with van der Waals surface area (Å²) in [4.78, 5) is 9.93. The summed E-state index contributed by atoms with van der Waals surface area (Å²) in [6.45, 7) is 0. The SMILES string of the molecule is Fc1ccc(-c2cccc(-c3cc(-c4ccc(-c5ccccc5)cc4)nc(-c4ccccc4)n3)c2Br)cc1. The number of benzene rings is 5. The molecule has 0 aliphatic carbocycles. The lowest BCUT2D eigenvalue weighted by Gasteiger charge is -2.13. The minimum atomic E-state index is -0.257. The first-order valence-corrected chi connectivity index (χ1v) is 13.1. The minimum Gasteiger partial charge on any atom is -0.228 e. The highest BCUT2D eigenvalue weighted by Crippen LogP contribution is 2.38. The standard InChI is InChI=1S/C34H22BrFN2/c35-33-29(25-18-20-28(36)21-19-25)12-7-13-30(33)32-22-31(37-34(38-32)27-10-5-2-6-11-27)26-16-14-24(15-17-26)23-8-3-1-4-9-23/h1-22H.